The molecule has 7 heteroatoms. The van der Waals surface area contributed by atoms with Crippen LogP contribution in [0, 0.1) is 10.1 Å². The molecule has 2 rings (SSSR count). The first-order valence-electron chi connectivity index (χ1n) is 4.04. The van der Waals surface area contributed by atoms with E-state index in [0.29, 0.717) is 16.5 Å². The molecule has 0 bridgehead atoms. The molecule has 15 heavy (non-hydrogen) atoms. The number of hydrogen-bond donors (Lipinski definition) is 2. The average molecular weight is 222 g/mol. The number of benzene rings is 1. The molecule has 0 radical (unpaired) electrons. The molecule has 0 saturated carbocycles. The Balaban J connectivity index is 2.57. The van der Waals surface area contributed by atoms with Crippen molar-refractivity contribution in [1.82, 2.24) is 15.2 Å². The normalized spacial score (nSPS) is 10.2. The molecule has 0 fully saturated rings. The van der Waals surface area contributed by atoms with Crippen LogP contribution in [0.3, 0.4) is 0 Å². The molecule has 76 valence electrons. The summed E-state index contributed by atoms with van der Waals surface area (Å²) in [5.74, 6) is 0.340. The van der Waals surface area contributed by atoms with Gasteiger partial charge >= 0.3 is 0 Å². The van der Waals surface area contributed by atoms with Gasteiger partial charge in [0.05, 0.1) is 10.5 Å². The smallest absolute Gasteiger partial charge is 0.280 e. The minimum atomic E-state index is -0.462. The number of para-hydroxylation sites is 1. The van der Waals surface area contributed by atoms with Gasteiger partial charge in [0, 0.05) is 6.07 Å². The molecule has 1 heterocycles. The van der Waals surface area contributed by atoms with Crippen molar-refractivity contribution in [2.75, 3.05) is 0 Å². The predicted octanol–water partition coefficient (Wildman–Crippen LogP) is 1.67. The molecule has 0 aliphatic rings. The summed E-state index contributed by atoms with van der Waals surface area (Å²) in [5, 5.41) is 18.4. The van der Waals surface area contributed by atoms with Gasteiger partial charge in [0.2, 0.25) is 0 Å². The van der Waals surface area contributed by atoms with E-state index in [2.05, 4.69) is 27.8 Å². The number of nitro groups is 1. The fourth-order valence-corrected chi connectivity index (χ4v) is 1.36. The third-order valence-electron chi connectivity index (χ3n) is 1.83. The minimum Gasteiger partial charge on any atom is -0.316 e. The topological polar surface area (TPSA) is 84.7 Å². The van der Waals surface area contributed by atoms with Gasteiger partial charge in [0.1, 0.15) is 0 Å². The summed E-state index contributed by atoms with van der Waals surface area (Å²) >= 11 is 3.94. The van der Waals surface area contributed by atoms with Crippen LogP contribution >= 0.6 is 12.6 Å². The largest absolute Gasteiger partial charge is 0.316 e. The molecule has 6 nitrogen and oxygen atoms in total. The molecule has 2 aromatic rings. The molecule has 0 spiro atoms. The SMILES string of the molecule is O=[N+]([O-])c1ccccc1-c1nnc(S)[nH]1. The molecule has 0 aliphatic carbocycles. The number of hydrogen-bond acceptors (Lipinski definition) is 5. The maximum atomic E-state index is 10.7. The van der Waals surface area contributed by atoms with Gasteiger partial charge in [-0.25, -0.2) is 0 Å². The summed E-state index contributed by atoms with van der Waals surface area (Å²) in [6.45, 7) is 0. The van der Waals surface area contributed by atoms with Crippen molar-refractivity contribution in [2.45, 2.75) is 5.16 Å². The second-order valence-corrected chi connectivity index (χ2v) is 3.20. The average Bonchev–Trinajstić information content (AvgIpc) is 2.65. The van der Waals surface area contributed by atoms with Crippen LogP contribution in [0.15, 0.2) is 29.4 Å². The number of rotatable bonds is 2. The van der Waals surface area contributed by atoms with Gasteiger partial charge in [0.25, 0.3) is 5.69 Å². The first-order valence-corrected chi connectivity index (χ1v) is 4.48. The summed E-state index contributed by atoms with van der Waals surface area (Å²) in [5.41, 5.74) is 0.386. The molecule has 0 saturated heterocycles. The summed E-state index contributed by atoms with van der Waals surface area (Å²) in [6, 6.07) is 6.31. The summed E-state index contributed by atoms with van der Waals surface area (Å²) < 4.78 is 0. The standard InChI is InChI=1S/C8H6N4O2S/c13-12(14)6-4-2-1-3-5(6)7-9-8(15)11-10-7/h1-4H,(H2,9,10,11,15). The predicted molar refractivity (Wildman–Crippen MR) is 55.7 cm³/mol. The molecule has 1 N–H and O–H groups in total. The van der Waals surface area contributed by atoms with Gasteiger partial charge in [-0.15, -0.1) is 22.8 Å². The van der Waals surface area contributed by atoms with Crippen LogP contribution in [0.5, 0.6) is 0 Å². The number of H-pyrrole nitrogens is 1. The molecule has 0 amide bonds. The third-order valence-corrected chi connectivity index (χ3v) is 2.03. The Morgan fingerprint density at radius 3 is 2.67 bits per heavy atom. The van der Waals surface area contributed by atoms with Crippen molar-refractivity contribution in [3.63, 3.8) is 0 Å². The number of nitrogens with zero attached hydrogens (tertiary/aromatic N) is 3. The fraction of sp³-hybridized carbons (Fsp3) is 0. The Bertz CT molecular complexity index is 511. The zero-order valence-electron chi connectivity index (χ0n) is 7.41. The van der Waals surface area contributed by atoms with Crippen molar-refractivity contribution < 1.29 is 4.92 Å². The van der Waals surface area contributed by atoms with E-state index in [0.717, 1.165) is 0 Å². The lowest BCUT2D eigenvalue weighted by atomic mass is 10.2. The minimum absolute atomic E-state index is 0.0121. The lowest BCUT2D eigenvalue weighted by Crippen LogP contribution is -1.92. The molecule has 1 aromatic heterocycles. The highest BCUT2D eigenvalue weighted by Crippen LogP contribution is 2.26. The van der Waals surface area contributed by atoms with Crippen LogP contribution in [0.4, 0.5) is 5.69 Å². The molecular formula is C8H6N4O2S. The maximum Gasteiger partial charge on any atom is 0.280 e. The highest BCUT2D eigenvalue weighted by Gasteiger charge is 2.16. The summed E-state index contributed by atoms with van der Waals surface area (Å²) in [7, 11) is 0. The number of aromatic nitrogens is 3. The third kappa shape index (κ3) is 1.82. The zero-order chi connectivity index (χ0) is 10.8. The number of aromatic amines is 1. The van der Waals surface area contributed by atoms with Gasteiger partial charge in [-0.3, -0.25) is 10.1 Å². The summed E-state index contributed by atoms with van der Waals surface area (Å²) in [4.78, 5) is 13.0. The maximum absolute atomic E-state index is 10.7. The van der Waals surface area contributed by atoms with Crippen molar-refractivity contribution in [2.24, 2.45) is 0 Å². The van der Waals surface area contributed by atoms with Gasteiger partial charge in [-0.1, -0.05) is 12.1 Å². The van der Waals surface area contributed by atoms with E-state index in [1.165, 1.54) is 6.07 Å². The van der Waals surface area contributed by atoms with Gasteiger partial charge in [-0.2, -0.15) is 0 Å². The van der Waals surface area contributed by atoms with E-state index in [9.17, 15) is 10.1 Å². The Kier molecular flexibility index (Phi) is 2.38. The van der Waals surface area contributed by atoms with Crippen LogP contribution in [0.25, 0.3) is 11.4 Å². The number of thiol groups is 1. The molecule has 1 aromatic carbocycles. The Hall–Kier alpha value is -1.89. The van der Waals surface area contributed by atoms with Crippen LogP contribution < -0.4 is 0 Å². The van der Waals surface area contributed by atoms with E-state index in [4.69, 9.17) is 0 Å². The van der Waals surface area contributed by atoms with Crippen LogP contribution in [0.1, 0.15) is 0 Å². The van der Waals surface area contributed by atoms with E-state index in [1.807, 2.05) is 0 Å². The van der Waals surface area contributed by atoms with Crippen molar-refractivity contribution in [3.05, 3.63) is 34.4 Å². The molecule has 0 atom stereocenters. The first kappa shape index (κ1) is 9.66. The summed E-state index contributed by atoms with van der Waals surface area (Å²) in [6.07, 6.45) is 0. The Morgan fingerprint density at radius 2 is 2.07 bits per heavy atom. The monoisotopic (exact) mass is 222 g/mol. The Labute approximate surface area is 89.9 Å². The zero-order valence-corrected chi connectivity index (χ0v) is 8.31. The second kappa shape index (κ2) is 3.70. The lowest BCUT2D eigenvalue weighted by molar-refractivity contribution is -0.384. The molecular weight excluding hydrogens is 216 g/mol. The van der Waals surface area contributed by atoms with Gasteiger partial charge in [-0.05, 0) is 6.07 Å². The van der Waals surface area contributed by atoms with Gasteiger partial charge < -0.3 is 4.98 Å². The highest BCUT2D eigenvalue weighted by atomic mass is 32.1. The first-order chi connectivity index (χ1) is 7.18. The number of nitrogens with one attached hydrogen (secondary N) is 1. The van der Waals surface area contributed by atoms with Crippen LogP contribution in [0.2, 0.25) is 0 Å². The quantitative estimate of drug-likeness (QED) is 0.460. The molecule has 0 unspecified atom stereocenters. The lowest BCUT2D eigenvalue weighted by Gasteiger charge is -1.97. The van der Waals surface area contributed by atoms with Crippen LogP contribution in [-0.4, -0.2) is 20.1 Å². The second-order valence-electron chi connectivity index (χ2n) is 2.77. The Morgan fingerprint density at radius 1 is 1.33 bits per heavy atom. The molecule has 0 aliphatic heterocycles. The fourth-order valence-electron chi connectivity index (χ4n) is 1.21. The highest BCUT2D eigenvalue weighted by molar-refractivity contribution is 7.80. The number of nitro benzene ring substituents is 1. The van der Waals surface area contributed by atoms with Crippen molar-refractivity contribution in [1.29, 1.82) is 0 Å². The van der Waals surface area contributed by atoms with Gasteiger partial charge in [0.15, 0.2) is 11.0 Å². The van der Waals surface area contributed by atoms with E-state index in [1.54, 1.807) is 18.2 Å². The van der Waals surface area contributed by atoms with Crippen molar-refractivity contribution in [3.8, 4) is 11.4 Å². The van der Waals surface area contributed by atoms with Crippen LogP contribution in [-0.2, 0) is 0 Å². The van der Waals surface area contributed by atoms with Crippen molar-refractivity contribution >= 4 is 18.3 Å². The van der Waals surface area contributed by atoms with E-state index >= 15 is 0 Å². The van der Waals surface area contributed by atoms with E-state index < -0.39 is 4.92 Å². The van der Waals surface area contributed by atoms with E-state index in [-0.39, 0.29) is 5.69 Å².